The van der Waals surface area contributed by atoms with Crippen LogP contribution in [0.5, 0.6) is 0 Å². The van der Waals surface area contributed by atoms with Gasteiger partial charge in [-0.3, -0.25) is 9.59 Å². The third-order valence-corrected chi connectivity index (χ3v) is 7.40. The van der Waals surface area contributed by atoms with Gasteiger partial charge in [-0.25, -0.2) is 13.2 Å². The molecular weight excluding hydrogens is 412 g/mol. The van der Waals surface area contributed by atoms with Gasteiger partial charge in [0.2, 0.25) is 10.0 Å². The minimum absolute atomic E-state index is 0.0269. The molecule has 0 aromatic heterocycles. The number of nitrogens with one attached hydrogen (secondary N) is 1. The zero-order chi connectivity index (χ0) is 21.7. The van der Waals surface area contributed by atoms with Gasteiger partial charge in [0, 0.05) is 19.6 Å². The standard InChI is InChI=1S/C20H26N2O7S/c1-28-20(25)15-6-2-3-8-17(15)30(26,27)22-12-9-14(10-13-22)19(24)29-16-7-4-5-11-21-18(16)23/h2-3,6,8,14,16H,4-5,7,9-13H2,1H3,(H,21,23). The number of carbonyl (C=O) groups excluding carboxylic acids is 3. The summed E-state index contributed by atoms with van der Waals surface area (Å²) in [4.78, 5) is 36.3. The molecule has 164 valence electrons. The van der Waals surface area contributed by atoms with E-state index >= 15 is 0 Å². The zero-order valence-electron chi connectivity index (χ0n) is 16.8. The smallest absolute Gasteiger partial charge is 0.339 e. The number of methoxy groups -OCH3 is 1. The van der Waals surface area contributed by atoms with Crippen LogP contribution in [0.4, 0.5) is 0 Å². The molecule has 1 amide bonds. The first-order chi connectivity index (χ1) is 14.3. The molecule has 9 nitrogen and oxygen atoms in total. The SMILES string of the molecule is COC(=O)c1ccccc1S(=O)(=O)N1CCC(C(=O)OC2CCCCNC2=O)CC1. The summed E-state index contributed by atoms with van der Waals surface area (Å²) in [7, 11) is -2.73. The highest BCUT2D eigenvalue weighted by molar-refractivity contribution is 7.89. The van der Waals surface area contributed by atoms with Crippen LogP contribution in [0.15, 0.2) is 29.2 Å². The summed E-state index contributed by atoms with van der Waals surface area (Å²) in [5.41, 5.74) is -0.0269. The second kappa shape index (κ2) is 9.57. The van der Waals surface area contributed by atoms with Crippen LogP contribution in [0.1, 0.15) is 42.5 Å². The van der Waals surface area contributed by atoms with Crippen molar-refractivity contribution in [1.82, 2.24) is 9.62 Å². The van der Waals surface area contributed by atoms with Gasteiger partial charge in [-0.05, 0) is 44.2 Å². The van der Waals surface area contributed by atoms with Gasteiger partial charge >= 0.3 is 11.9 Å². The van der Waals surface area contributed by atoms with Crippen LogP contribution in [0.2, 0.25) is 0 Å². The topological polar surface area (TPSA) is 119 Å². The molecule has 30 heavy (non-hydrogen) atoms. The van der Waals surface area contributed by atoms with E-state index in [4.69, 9.17) is 4.74 Å². The van der Waals surface area contributed by atoms with E-state index in [9.17, 15) is 22.8 Å². The molecule has 1 N–H and O–H groups in total. The lowest BCUT2D eigenvalue weighted by Crippen LogP contribution is -2.43. The lowest BCUT2D eigenvalue weighted by molar-refractivity contribution is -0.161. The second-order valence-corrected chi connectivity index (χ2v) is 9.28. The minimum Gasteiger partial charge on any atom is -0.465 e. The number of carbonyl (C=O) groups is 3. The Hall–Kier alpha value is -2.46. The van der Waals surface area contributed by atoms with Crippen molar-refractivity contribution in [3.05, 3.63) is 29.8 Å². The molecule has 2 aliphatic rings. The monoisotopic (exact) mass is 438 g/mol. The number of amides is 1. The predicted octanol–water partition coefficient (Wildman–Crippen LogP) is 1.09. The summed E-state index contributed by atoms with van der Waals surface area (Å²) in [6.07, 6.45) is 1.93. The van der Waals surface area contributed by atoms with E-state index in [0.717, 1.165) is 12.8 Å². The molecule has 10 heteroatoms. The number of hydrogen-bond acceptors (Lipinski definition) is 7. The summed E-state index contributed by atoms with van der Waals surface area (Å²) in [6.45, 7) is 0.819. The molecule has 1 aromatic carbocycles. The van der Waals surface area contributed by atoms with E-state index in [-0.39, 0.29) is 42.3 Å². The van der Waals surface area contributed by atoms with Crippen molar-refractivity contribution in [2.75, 3.05) is 26.7 Å². The van der Waals surface area contributed by atoms with Gasteiger partial charge in [-0.1, -0.05) is 12.1 Å². The fourth-order valence-electron chi connectivity index (χ4n) is 3.70. The Balaban J connectivity index is 1.64. The average molecular weight is 439 g/mol. The molecule has 1 atom stereocenters. The van der Waals surface area contributed by atoms with Gasteiger partial charge in [-0.2, -0.15) is 4.31 Å². The second-order valence-electron chi connectivity index (χ2n) is 7.38. The van der Waals surface area contributed by atoms with E-state index in [1.165, 1.54) is 23.5 Å². The van der Waals surface area contributed by atoms with Crippen molar-refractivity contribution in [2.45, 2.75) is 43.1 Å². The van der Waals surface area contributed by atoms with Crippen LogP contribution >= 0.6 is 0 Å². The van der Waals surface area contributed by atoms with E-state index in [0.29, 0.717) is 13.0 Å². The van der Waals surface area contributed by atoms with Crippen LogP contribution in [0.25, 0.3) is 0 Å². The normalized spacial score (nSPS) is 21.4. The minimum atomic E-state index is -3.92. The Kier molecular flexibility index (Phi) is 7.09. The van der Waals surface area contributed by atoms with Gasteiger partial charge in [0.25, 0.3) is 5.91 Å². The Labute approximate surface area is 175 Å². The summed E-state index contributed by atoms with van der Waals surface area (Å²) < 4.78 is 37.5. The van der Waals surface area contributed by atoms with E-state index in [1.807, 2.05) is 0 Å². The summed E-state index contributed by atoms with van der Waals surface area (Å²) in [6, 6.07) is 5.88. The molecule has 0 radical (unpaired) electrons. The number of benzene rings is 1. The molecule has 3 rings (SSSR count). The maximum atomic E-state index is 13.1. The molecule has 2 saturated heterocycles. The maximum absolute atomic E-state index is 13.1. The number of ether oxygens (including phenoxy) is 2. The molecular formula is C20H26N2O7S. The van der Waals surface area contributed by atoms with Crippen LogP contribution < -0.4 is 5.32 Å². The van der Waals surface area contributed by atoms with Gasteiger partial charge in [0.05, 0.1) is 23.5 Å². The Bertz CT molecular complexity index is 907. The van der Waals surface area contributed by atoms with Crippen LogP contribution in [0.3, 0.4) is 0 Å². The average Bonchev–Trinajstić information content (AvgIpc) is 2.97. The molecule has 0 aliphatic carbocycles. The van der Waals surface area contributed by atoms with Crippen molar-refractivity contribution in [3.8, 4) is 0 Å². The number of piperidine rings is 1. The van der Waals surface area contributed by atoms with Crippen molar-refractivity contribution >= 4 is 27.9 Å². The van der Waals surface area contributed by atoms with Crippen LogP contribution in [-0.2, 0) is 29.1 Å². The molecule has 2 aliphatic heterocycles. The first-order valence-corrected chi connectivity index (χ1v) is 11.4. The molecule has 2 fully saturated rings. The number of hydrogen-bond donors (Lipinski definition) is 1. The first kappa shape index (κ1) is 22.2. The third-order valence-electron chi connectivity index (χ3n) is 5.44. The van der Waals surface area contributed by atoms with Crippen molar-refractivity contribution in [3.63, 3.8) is 0 Å². The fourth-order valence-corrected chi connectivity index (χ4v) is 5.35. The summed E-state index contributed by atoms with van der Waals surface area (Å²) >= 11 is 0. The van der Waals surface area contributed by atoms with Gasteiger partial charge in [-0.15, -0.1) is 0 Å². The van der Waals surface area contributed by atoms with Crippen molar-refractivity contribution in [2.24, 2.45) is 5.92 Å². The predicted molar refractivity (Wildman–Crippen MR) is 106 cm³/mol. The van der Waals surface area contributed by atoms with E-state index in [2.05, 4.69) is 10.1 Å². The zero-order valence-corrected chi connectivity index (χ0v) is 17.7. The molecule has 1 aromatic rings. The van der Waals surface area contributed by atoms with E-state index in [1.54, 1.807) is 12.1 Å². The number of esters is 2. The Morgan fingerprint density at radius 3 is 2.50 bits per heavy atom. The van der Waals surface area contributed by atoms with Crippen molar-refractivity contribution < 1.29 is 32.3 Å². The molecule has 0 bridgehead atoms. The maximum Gasteiger partial charge on any atom is 0.339 e. The third kappa shape index (κ3) is 4.81. The molecule has 0 spiro atoms. The van der Waals surface area contributed by atoms with Crippen molar-refractivity contribution in [1.29, 1.82) is 0 Å². The highest BCUT2D eigenvalue weighted by atomic mass is 32.2. The molecule has 1 unspecified atom stereocenters. The number of sulfonamides is 1. The summed E-state index contributed by atoms with van der Waals surface area (Å²) in [5.74, 6) is -1.94. The fraction of sp³-hybridized carbons (Fsp3) is 0.550. The lowest BCUT2D eigenvalue weighted by Gasteiger charge is -2.31. The quantitative estimate of drug-likeness (QED) is 0.684. The summed E-state index contributed by atoms with van der Waals surface area (Å²) in [5, 5.41) is 2.73. The first-order valence-electron chi connectivity index (χ1n) is 10.0. The highest BCUT2D eigenvalue weighted by Crippen LogP contribution is 2.27. The van der Waals surface area contributed by atoms with Gasteiger partial charge in [0.15, 0.2) is 6.10 Å². The number of nitrogens with zero attached hydrogens (tertiary/aromatic N) is 1. The molecule has 2 heterocycles. The lowest BCUT2D eigenvalue weighted by atomic mass is 9.98. The highest BCUT2D eigenvalue weighted by Gasteiger charge is 2.36. The van der Waals surface area contributed by atoms with Gasteiger partial charge < -0.3 is 14.8 Å². The van der Waals surface area contributed by atoms with Gasteiger partial charge in [0.1, 0.15) is 0 Å². The van der Waals surface area contributed by atoms with Crippen LogP contribution in [-0.4, -0.2) is 63.4 Å². The van der Waals surface area contributed by atoms with Crippen LogP contribution in [0, 0.1) is 5.92 Å². The number of rotatable bonds is 5. The Morgan fingerprint density at radius 1 is 1.10 bits per heavy atom. The Morgan fingerprint density at radius 2 is 1.80 bits per heavy atom. The van der Waals surface area contributed by atoms with E-state index < -0.39 is 34.0 Å². The largest absolute Gasteiger partial charge is 0.465 e. The molecule has 0 saturated carbocycles.